The highest BCUT2D eigenvalue weighted by molar-refractivity contribution is 5.13. The fourth-order valence-corrected chi connectivity index (χ4v) is 1.08. The average Bonchev–Trinajstić information content (AvgIpc) is 2.26. The van der Waals surface area contributed by atoms with Crippen LogP contribution in [0.5, 0.6) is 0 Å². The molecule has 0 aromatic heterocycles. The van der Waals surface area contributed by atoms with Crippen molar-refractivity contribution in [3.8, 4) is 0 Å². The Labute approximate surface area is 84.6 Å². The molecule has 3 nitrogen and oxygen atoms in total. The van der Waals surface area contributed by atoms with Gasteiger partial charge in [-0.15, -0.1) is 0 Å². The van der Waals surface area contributed by atoms with Gasteiger partial charge in [0, 0.05) is 14.2 Å². The maximum absolute atomic E-state index is 5.41. The molecule has 0 heterocycles. The summed E-state index contributed by atoms with van der Waals surface area (Å²) in [4.78, 5) is 0. The van der Waals surface area contributed by atoms with Crippen LogP contribution in [0.4, 0.5) is 0 Å². The Hall–Kier alpha value is -0.900. The van der Waals surface area contributed by atoms with Crippen molar-refractivity contribution in [1.82, 2.24) is 0 Å². The van der Waals surface area contributed by atoms with Crippen LogP contribution in [-0.2, 0) is 20.8 Å². The van der Waals surface area contributed by atoms with Crippen molar-refractivity contribution in [1.29, 1.82) is 0 Å². The monoisotopic (exact) mass is 196 g/mol. The van der Waals surface area contributed by atoms with Gasteiger partial charge in [-0.3, -0.25) is 0 Å². The molecule has 0 saturated carbocycles. The van der Waals surface area contributed by atoms with Crippen LogP contribution in [0, 0.1) is 0 Å². The van der Waals surface area contributed by atoms with Crippen molar-refractivity contribution >= 4 is 0 Å². The maximum Gasteiger partial charge on any atom is 0.180 e. The lowest BCUT2D eigenvalue weighted by atomic mass is 10.2. The van der Waals surface area contributed by atoms with E-state index in [1.807, 2.05) is 30.3 Å². The van der Waals surface area contributed by atoms with Crippen molar-refractivity contribution in [3.63, 3.8) is 0 Å². The summed E-state index contributed by atoms with van der Waals surface area (Å²) >= 11 is 0. The lowest BCUT2D eigenvalue weighted by Gasteiger charge is -2.13. The van der Waals surface area contributed by atoms with E-state index in [-0.39, 0.29) is 6.29 Å². The third kappa shape index (κ3) is 3.87. The molecule has 0 radical (unpaired) electrons. The highest BCUT2D eigenvalue weighted by Gasteiger charge is 2.03. The van der Waals surface area contributed by atoms with Crippen LogP contribution in [0.15, 0.2) is 30.3 Å². The molecular formula is C11H16O3. The normalized spacial score (nSPS) is 10.8. The molecular weight excluding hydrogens is 180 g/mol. The summed E-state index contributed by atoms with van der Waals surface area (Å²) in [6.45, 7) is 1.03. The minimum Gasteiger partial charge on any atom is -0.372 e. The van der Waals surface area contributed by atoms with E-state index < -0.39 is 0 Å². The topological polar surface area (TPSA) is 27.7 Å². The zero-order valence-electron chi connectivity index (χ0n) is 8.60. The molecule has 3 heteroatoms. The zero-order valence-corrected chi connectivity index (χ0v) is 8.60. The largest absolute Gasteiger partial charge is 0.372 e. The molecule has 0 atom stereocenters. The quantitative estimate of drug-likeness (QED) is 0.649. The third-order valence-corrected chi connectivity index (χ3v) is 1.89. The van der Waals surface area contributed by atoms with E-state index in [1.165, 1.54) is 0 Å². The van der Waals surface area contributed by atoms with Gasteiger partial charge in [0.25, 0.3) is 0 Å². The van der Waals surface area contributed by atoms with Gasteiger partial charge in [-0.2, -0.15) is 0 Å². The summed E-state index contributed by atoms with van der Waals surface area (Å²) in [7, 11) is 3.19. The smallest absolute Gasteiger partial charge is 0.180 e. The minimum atomic E-state index is -0.279. The number of methoxy groups -OCH3 is 2. The van der Waals surface area contributed by atoms with E-state index in [9.17, 15) is 0 Å². The molecule has 0 saturated heterocycles. The summed E-state index contributed by atoms with van der Waals surface area (Å²) in [5.74, 6) is 0. The second-order valence-electron chi connectivity index (χ2n) is 2.90. The fraction of sp³-hybridized carbons (Fsp3) is 0.455. The first kappa shape index (κ1) is 11.2. The lowest BCUT2D eigenvalue weighted by molar-refractivity contribution is -0.142. The Morgan fingerprint density at radius 3 is 2.29 bits per heavy atom. The van der Waals surface area contributed by atoms with Gasteiger partial charge in [0.1, 0.15) is 0 Å². The predicted molar refractivity (Wildman–Crippen MR) is 53.9 cm³/mol. The van der Waals surface area contributed by atoms with Crippen LogP contribution in [-0.4, -0.2) is 27.1 Å². The molecule has 0 aliphatic carbocycles. The van der Waals surface area contributed by atoms with Gasteiger partial charge in [-0.25, -0.2) is 0 Å². The Bertz CT molecular complexity index is 232. The number of benzene rings is 1. The van der Waals surface area contributed by atoms with Crippen molar-refractivity contribution in [3.05, 3.63) is 35.9 Å². The molecule has 1 aromatic rings. The maximum atomic E-state index is 5.41. The second kappa shape index (κ2) is 6.54. The molecule has 0 spiro atoms. The standard InChI is InChI=1S/C11H16O3/c1-12-11(13-2)9-14-8-10-6-4-3-5-7-10/h3-7,11H,8-9H2,1-2H3. The average molecular weight is 196 g/mol. The van der Waals surface area contributed by atoms with E-state index in [4.69, 9.17) is 14.2 Å². The van der Waals surface area contributed by atoms with Crippen molar-refractivity contribution in [2.24, 2.45) is 0 Å². The molecule has 1 aromatic carbocycles. The van der Waals surface area contributed by atoms with Crippen molar-refractivity contribution < 1.29 is 14.2 Å². The highest BCUT2D eigenvalue weighted by Crippen LogP contribution is 2.01. The molecule has 0 unspecified atom stereocenters. The minimum absolute atomic E-state index is 0.279. The first-order valence-corrected chi connectivity index (χ1v) is 4.54. The van der Waals surface area contributed by atoms with Crippen LogP contribution in [0.2, 0.25) is 0 Å². The SMILES string of the molecule is COC(COCc1ccccc1)OC. The van der Waals surface area contributed by atoms with E-state index in [0.29, 0.717) is 13.2 Å². The molecule has 0 N–H and O–H groups in total. The molecule has 14 heavy (non-hydrogen) atoms. The first-order valence-electron chi connectivity index (χ1n) is 4.54. The number of ether oxygens (including phenoxy) is 3. The summed E-state index contributed by atoms with van der Waals surface area (Å²) in [5.41, 5.74) is 1.15. The summed E-state index contributed by atoms with van der Waals surface area (Å²) < 4.78 is 15.4. The zero-order chi connectivity index (χ0) is 10.2. The molecule has 0 bridgehead atoms. The number of rotatable bonds is 6. The molecule has 0 aliphatic heterocycles. The van der Waals surface area contributed by atoms with Gasteiger partial charge in [0.2, 0.25) is 0 Å². The third-order valence-electron chi connectivity index (χ3n) is 1.89. The summed E-state index contributed by atoms with van der Waals surface area (Å²) in [5, 5.41) is 0. The fourth-order valence-electron chi connectivity index (χ4n) is 1.08. The van der Waals surface area contributed by atoms with Crippen molar-refractivity contribution in [2.45, 2.75) is 12.9 Å². The molecule has 0 aliphatic rings. The van der Waals surface area contributed by atoms with Crippen LogP contribution in [0.25, 0.3) is 0 Å². The Kier molecular flexibility index (Phi) is 5.22. The van der Waals surface area contributed by atoms with Gasteiger partial charge < -0.3 is 14.2 Å². The molecule has 0 amide bonds. The first-order chi connectivity index (χ1) is 6.86. The Morgan fingerprint density at radius 1 is 1.07 bits per heavy atom. The van der Waals surface area contributed by atoms with E-state index in [0.717, 1.165) is 5.56 Å². The van der Waals surface area contributed by atoms with Gasteiger partial charge in [0.15, 0.2) is 6.29 Å². The molecule has 78 valence electrons. The molecule has 1 rings (SSSR count). The number of hydrogen-bond acceptors (Lipinski definition) is 3. The van der Waals surface area contributed by atoms with Crippen LogP contribution < -0.4 is 0 Å². The van der Waals surface area contributed by atoms with E-state index in [1.54, 1.807) is 14.2 Å². The lowest BCUT2D eigenvalue weighted by Crippen LogP contribution is -2.19. The Balaban J connectivity index is 2.21. The van der Waals surface area contributed by atoms with Gasteiger partial charge >= 0.3 is 0 Å². The van der Waals surface area contributed by atoms with Gasteiger partial charge in [-0.05, 0) is 5.56 Å². The van der Waals surface area contributed by atoms with Gasteiger partial charge in [-0.1, -0.05) is 30.3 Å². The van der Waals surface area contributed by atoms with Crippen molar-refractivity contribution in [2.75, 3.05) is 20.8 Å². The van der Waals surface area contributed by atoms with Gasteiger partial charge in [0.05, 0.1) is 13.2 Å². The highest BCUT2D eigenvalue weighted by atomic mass is 16.7. The van der Waals surface area contributed by atoms with E-state index in [2.05, 4.69) is 0 Å². The predicted octanol–water partition coefficient (Wildman–Crippen LogP) is 1.82. The summed E-state index contributed by atoms with van der Waals surface area (Å²) in [6, 6.07) is 10.0. The van der Waals surface area contributed by atoms with Crippen LogP contribution in [0.3, 0.4) is 0 Å². The van der Waals surface area contributed by atoms with E-state index >= 15 is 0 Å². The summed E-state index contributed by atoms with van der Waals surface area (Å²) in [6.07, 6.45) is -0.279. The van der Waals surface area contributed by atoms with Crippen LogP contribution >= 0.6 is 0 Å². The Morgan fingerprint density at radius 2 is 1.71 bits per heavy atom. The van der Waals surface area contributed by atoms with Crippen LogP contribution in [0.1, 0.15) is 5.56 Å². The number of hydrogen-bond donors (Lipinski definition) is 0. The second-order valence-corrected chi connectivity index (χ2v) is 2.90. The molecule has 0 fully saturated rings.